The Balaban J connectivity index is 2.45. The van der Waals surface area contributed by atoms with Crippen molar-refractivity contribution in [2.75, 3.05) is 11.9 Å². The summed E-state index contributed by atoms with van der Waals surface area (Å²) in [6, 6.07) is 6.06. The van der Waals surface area contributed by atoms with Crippen molar-refractivity contribution in [1.82, 2.24) is 9.55 Å². The number of imidazole rings is 1. The maximum absolute atomic E-state index is 4.46. The molecule has 1 aromatic heterocycles. The number of aromatic nitrogens is 2. The van der Waals surface area contributed by atoms with Crippen molar-refractivity contribution in [3.8, 4) is 5.69 Å². The zero-order valence-corrected chi connectivity index (χ0v) is 13.1. The van der Waals surface area contributed by atoms with Crippen LogP contribution < -0.4 is 5.32 Å². The van der Waals surface area contributed by atoms with Crippen LogP contribution in [0.25, 0.3) is 5.69 Å². The van der Waals surface area contributed by atoms with Gasteiger partial charge in [0.15, 0.2) is 0 Å². The van der Waals surface area contributed by atoms with Crippen LogP contribution in [0.4, 0.5) is 5.95 Å². The number of rotatable bonds is 4. The van der Waals surface area contributed by atoms with E-state index < -0.39 is 0 Å². The van der Waals surface area contributed by atoms with Gasteiger partial charge in [-0.25, -0.2) is 4.98 Å². The molecule has 0 spiro atoms. The predicted molar refractivity (Wildman–Crippen MR) is 82.4 cm³/mol. The van der Waals surface area contributed by atoms with Crippen LogP contribution in [-0.4, -0.2) is 16.1 Å². The highest BCUT2D eigenvalue weighted by Crippen LogP contribution is 2.27. The summed E-state index contributed by atoms with van der Waals surface area (Å²) >= 11 is 7.02. The zero-order valence-electron chi connectivity index (χ0n) is 9.95. The van der Waals surface area contributed by atoms with Crippen molar-refractivity contribution >= 4 is 37.8 Å². The van der Waals surface area contributed by atoms with Crippen LogP contribution in [0, 0.1) is 6.92 Å². The number of nitrogens with one attached hydrogen (secondary N) is 1. The highest BCUT2D eigenvalue weighted by atomic mass is 79.9. The maximum Gasteiger partial charge on any atom is 0.208 e. The van der Waals surface area contributed by atoms with Gasteiger partial charge in [0.25, 0.3) is 0 Å². The molecule has 0 bridgehead atoms. The lowest BCUT2D eigenvalue weighted by atomic mass is 10.3. The van der Waals surface area contributed by atoms with E-state index in [1.165, 1.54) is 0 Å². The van der Waals surface area contributed by atoms with Gasteiger partial charge in [0, 0.05) is 21.7 Å². The smallest absolute Gasteiger partial charge is 0.208 e. The monoisotopic (exact) mass is 369 g/mol. The lowest BCUT2D eigenvalue weighted by Crippen LogP contribution is -2.06. The van der Waals surface area contributed by atoms with Crippen LogP contribution >= 0.6 is 31.9 Å². The molecule has 0 aliphatic heterocycles. The quantitative estimate of drug-likeness (QED) is 0.813. The Morgan fingerprint density at radius 1 is 1.44 bits per heavy atom. The van der Waals surface area contributed by atoms with Gasteiger partial charge in [-0.15, -0.1) is 6.58 Å². The second-order valence-corrected chi connectivity index (χ2v) is 5.61. The van der Waals surface area contributed by atoms with Crippen LogP contribution in [0.1, 0.15) is 5.69 Å². The van der Waals surface area contributed by atoms with Crippen LogP contribution in [-0.2, 0) is 0 Å². The molecule has 94 valence electrons. The molecule has 0 radical (unpaired) electrons. The van der Waals surface area contributed by atoms with E-state index in [1.54, 1.807) is 0 Å². The van der Waals surface area contributed by atoms with Crippen LogP contribution in [0.15, 0.2) is 46.0 Å². The van der Waals surface area contributed by atoms with Crippen molar-refractivity contribution in [2.24, 2.45) is 0 Å². The second kappa shape index (κ2) is 5.71. The van der Waals surface area contributed by atoms with Gasteiger partial charge in [0.1, 0.15) is 0 Å². The van der Waals surface area contributed by atoms with E-state index >= 15 is 0 Å². The molecule has 1 N–H and O–H groups in total. The molecule has 0 fully saturated rings. The van der Waals surface area contributed by atoms with E-state index in [9.17, 15) is 0 Å². The van der Waals surface area contributed by atoms with E-state index in [4.69, 9.17) is 0 Å². The highest BCUT2D eigenvalue weighted by Gasteiger charge is 2.09. The molecule has 18 heavy (non-hydrogen) atoms. The van der Waals surface area contributed by atoms with Crippen molar-refractivity contribution < 1.29 is 0 Å². The van der Waals surface area contributed by atoms with Gasteiger partial charge in [-0.05, 0) is 41.1 Å². The summed E-state index contributed by atoms with van der Waals surface area (Å²) in [7, 11) is 0. The molecule has 0 atom stereocenters. The standard InChI is InChI=1S/C13H13Br2N3/c1-3-6-16-13-17-9(2)8-18(13)12-5-4-10(14)7-11(12)15/h3-5,7-8H,1,6H2,2H3,(H,16,17). The SMILES string of the molecule is C=CCNc1nc(C)cn1-c1ccc(Br)cc1Br. The number of benzene rings is 1. The minimum absolute atomic E-state index is 0.685. The van der Waals surface area contributed by atoms with E-state index in [2.05, 4.69) is 48.7 Å². The Morgan fingerprint density at radius 2 is 2.22 bits per heavy atom. The molecule has 5 heteroatoms. The Kier molecular flexibility index (Phi) is 4.24. The topological polar surface area (TPSA) is 29.9 Å². The molecule has 3 nitrogen and oxygen atoms in total. The molecule has 0 aliphatic carbocycles. The predicted octanol–water partition coefficient (Wildman–Crippen LogP) is 4.30. The number of hydrogen-bond acceptors (Lipinski definition) is 2. The van der Waals surface area contributed by atoms with E-state index in [0.717, 1.165) is 26.3 Å². The third-order valence-corrected chi connectivity index (χ3v) is 3.53. The van der Waals surface area contributed by atoms with Gasteiger partial charge in [0.05, 0.1) is 11.4 Å². The molecule has 0 unspecified atom stereocenters. The van der Waals surface area contributed by atoms with Crippen LogP contribution in [0.2, 0.25) is 0 Å². The molecular weight excluding hydrogens is 358 g/mol. The first-order chi connectivity index (χ1) is 8.61. The first-order valence-electron chi connectivity index (χ1n) is 5.48. The lowest BCUT2D eigenvalue weighted by Gasteiger charge is -2.10. The molecule has 2 rings (SSSR count). The summed E-state index contributed by atoms with van der Waals surface area (Å²) < 4.78 is 4.07. The lowest BCUT2D eigenvalue weighted by molar-refractivity contribution is 1.03. The average molecular weight is 371 g/mol. The fraction of sp³-hybridized carbons (Fsp3) is 0.154. The molecule has 0 amide bonds. The fourth-order valence-electron chi connectivity index (χ4n) is 1.65. The number of anilines is 1. The summed E-state index contributed by atoms with van der Waals surface area (Å²) in [5.74, 6) is 0.815. The summed E-state index contributed by atoms with van der Waals surface area (Å²) in [6.45, 7) is 6.36. The van der Waals surface area contributed by atoms with Gasteiger partial charge in [0.2, 0.25) is 5.95 Å². The van der Waals surface area contributed by atoms with Crippen molar-refractivity contribution in [1.29, 1.82) is 0 Å². The van der Waals surface area contributed by atoms with Crippen LogP contribution in [0.3, 0.4) is 0 Å². The fourth-order valence-corrected chi connectivity index (χ4v) is 2.88. The van der Waals surface area contributed by atoms with E-state index in [1.807, 2.05) is 42.0 Å². The Bertz CT molecular complexity index is 576. The molecule has 0 aliphatic rings. The van der Waals surface area contributed by atoms with Gasteiger partial charge < -0.3 is 5.32 Å². The zero-order chi connectivity index (χ0) is 13.1. The third-order valence-electron chi connectivity index (χ3n) is 2.40. The third kappa shape index (κ3) is 2.84. The van der Waals surface area contributed by atoms with Crippen molar-refractivity contribution in [3.05, 3.63) is 51.7 Å². The molecule has 0 saturated heterocycles. The molecule has 0 saturated carbocycles. The van der Waals surface area contributed by atoms with E-state index in [0.29, 0.717) is 6.54 Å². The van der Waals surface area contributed by atoms with Crippen molar-refractivity contribution in [3.63, 3.8) is 0 Å². The molecule has 1 heterocycles. The maximum atomic E-state index is 4.46. The van der Waals surface area contributed by atoms with Gasteiger partial charge in [-0.2, -0.15) is 0 Å². The van der Waals surface area contributed by atoms with Crippen LogP contribution in [0.5, 0.6) is 0 Å². The van der Waals surface area contributed by atoms with Gasteiger partial charge >= 0.3 is 0 Å². The minimum Gasteiger partial charge on any atom is -0.352 e. The average Bonchev–Trinajstić information content (AvgIpc) is 2.67. The minimum atomic E-state index is 0.685. The number of aryl methyl sites for hydroxylation is 1. The normalized spacial score (nSPS) is 10.4. The Labute approximate surface area is 123 Å². The summed E-state index contributed by atoms with van der Waals surface area (Å²) in [6.07, 6.45) is 3.81. The Hall–Kier alpha value is -1.07. The largest absolute Gasteiger partial charge is 0.352 e. The summed E-state index contributed by atoms with van der Waals surface area (Å²) in [5.41, 5.74) is 2.02. The second-order valence-electron chi connectivity index (χ2n) is 3.84. The number of halogens is 2. The molecule has 1 aromatic carbocycles. The van der Waals surface area contributed by atoms with Crippen molar-refractivity contribution in [2.45, 2.75) is 6.92 Å². The first-order valence-corrected chi connectivity index (χ1v) is 7.06. The van der Waals surface area contributed by atoms with Gasteiger partial charge in [-0.1, -0.05) is 22.0 Å². The Morgan fingerprint density at radius 3 is 2.89 bits per heavy atom. The van der Waals surface area contributed by atoms with Gasteiger partial charge in [-0.3, -0.25) is 4.57 Å². The summed E-state index contributed by atoms with van der Waals surface area (Å²) in [4.78, 5) is 4.46. The number of nitrogens with zero attached hydrogens (tertiary/aromatic N) is 2. The highest BCUT2D eigenvalue weighted by molar-refractivity contribution is 9.11. The molecular formula is C13H13Br2N3. The summed E-state index contributed by atoms with van der Waals surface area (Å²) in [5, 5.41) is 3.23. The van der Waals surface area contributed by atoms with E-state index in [-0.39, 0.29) is 0 Å². The number of hydrogen-bond donors (Lipinski definition) is 1. The molecule has 2 aromatic rings. The first kappa shape index (κ1) is 13.4.